The van der Waals surface area contributed by atoms with Crippen LogP contribution in [0.15, 0.2) is 132 Å². The Morgan fingerprint density at radius 3 is 2.08 bits per heavy atom. The highest BCUT2D eigenvalue weighted by molar-refractivity contribution is 7.25. The topological polar surface area (TPSA) is 36.9 Å². The average molecular weight is 528 g/mol. The van der Waals surface area contributed by atoms with Crippen molar-refractivity contribution in [2.45, 2.75) is 0 Å². The van der Waals surface area contributed by atoms with E-state index in [0.29, 0.717) is 5.56 Å². The summed E-state index contributed by atoms with van der Waals surface area (Å²) in [5.41, 5.74) is 8.81. The van der Waals surface area contributed by atoms with Crippen molar-refractivity contribution in [3.8, 4) is 39.4 Å². The van der Waals surface area contributed by atoms with Crippen molar-refractivity contribution >= 4 is 53.4 Å². The molecule has 2 nitrogen and oxygen atoms in total. The summed E-state index contributed by atoms with van der Waals surface area (Å²) in [6, 6.07) is 46.7. The van der Waals surface area contributed by atoms with Crippen LogP contribution in [-0.2, 0) is 0 Å². The molecule has 0 aliphatic carbocycles. The van der Waals surface area contributed by atoms with E-state index in [2.05, 4.69) is 91.0 Å². The Kier molecular flexibility index (Phi) is 5.10. The second-order valence-corrected chi connectivity index (χ2v) is 11.1. The molecular formula is C37H21NOS. The van der Waals surface area contributed by atoms with Crippen molar-refractivity contribution in [1.29, 1.82) is 5.26 Å². The molecule has 0 unspecified atom stereocenters. The van der Waals surface area contributed by atoms with Crippen LogP contribution in [0.1, 0.15) is 5.56 Å². The van der Waals surface area contributed by atoms with Gasteiger partial charge in [0.05, 0.1) is 11.6 Å². The molecule has 0 saturated carbocycles. The Morgan fingerprint density at radius 2 is 1.15 bits per heavy atom. The number of furan rings is 1. The van der Waals surface area contributed by atoms with E-state index in [4.69, 9.17) is 4.42 Å². The summed E-state index contributed by atoms with van der Waals surface area (Å²) in [5.74, 6) is 0. The number of fused-ring (bicyclic) bond motifs is 6. The third-order valence-corrected chi connectivity index (χ3v) is 8.89. The Morgan fingerprint density at radius 1 is 0.475 bits per heavy atom. The number of benzene rings is 6. The van der Waals surface area contributed by atoms with Gasteiger partial charge in [-0.05, 0) is 70.3 Å². The molecule has 0 fully saturated rings. The third kappa shape index (κ3) is 3.55. The first-order chi connectivity index (χ1) is 19.8. The summed E-state index contributed by atoms with van der Waals surface area (Å²) in [5, 5.41) is 14.8. The van der Waals surface area contributed by atoms with Crippen molar-refractivity contribution < 1.29 is 4.42 Å². The van der Waals surface area contributed by atoms with Crippen LogP contribution in [0.3, 0.4) is 0 Å². The van der Waals surface area contributed by atoms with Crippen LogP contribution in [0.5, 0.6) is 0 Å². The van der Waals surface area contributed by atoms with Crippen molar-refractivity contribution in [3.05, 3.63) is 133 Å². The van der Waals surface area contributed by atoms with Gasteiger partial charge >= 0.3 is 0 Å². The van der Waals surface area contributed by atoms with Gasteiger partial charge in [-0.25, -0.2) is 0 Å². The summed E-state index contributed by atoms with van der Waals surface area (Å²) in [4.78, 5) is 0. The average Bonchev–Trinajstić information content (AvgIpc) is 3.58. The van der Waals surface area contributed by atoms with Gasteiger partial charge in [0, 0.05) is 36.5 Å². The zero-order valence-corrected chi connectivity index (χ0v) is 22.2. The number of nitrogens with zero attached hydrogens (tertiary/aromatic N) is 1. The molecule has 2 aromatic heterocycles. The van der Waals surface area contributed by atoms with Crippen molar-refractivity contribution in [2.75, 3.05) is 0 Å². The van der Waals surface area contributed by atoms with E-state index >= 15 is 0 Å². The molecule has 0 aliphatic rings. The van der Waals surface area contributed by atoms with Crippen LogP contribution in [0.4, 0.5) is 0 Å². The fraction of sp³-hybridized carbons (Fsp3) is 0. The van der Waals surface area contributed by atoms with Gasteiger partial charge in [0.1, 0.15) is 11.2 Å². The summed E-state index contributed by atoms with van der Waals surface area (Å²) >= 11 is 1.82. The molecule has 6 aromatic carbocycles. The summed E-state index contributed by atoms with van der Waals surface area (Å²) in [7, 11) is 0. The van der Waals surface area contributed by atoms with Crippen LogP contribution >= 0.6 is 11.3 Å². The Bertz CT molecular complexity index is 2300. The van der Waals surface area contributed by atoms with Crippen molar-refractivity contribution in [3.63, 3.8) is 0 Å². The maximum Gasteiger partial charge on any atom is 0.136 e. The van der Waals surface area contributed by atoms with Gasteiger partial charge in [-0.3, -0.25) is 0 Å². The molecule has 0 atom stereocenters. The molecule has 8 rings (SSSR count). The molecule has 8 aromatic rings. The van der Waals surface area contributed by atoms with Gasteiger partial charge in [0.15, 0.2) is 0 Å². The number of thiophene rings is 1. The fourth-order valence-electron chi connectivity index (χ4n) is 5.81. The second-order valence-electron chi connectivity index (χ2n) is 10.0. The quantitative estimate of drug-likeness (QED) is 0.229. The van der Waals surface area contributed by atoms with Gasteiger partial charge in [0.25, 0.3) is 0 Å². The monoisotopic (exact) mass is 527 g/mol. The lowest BCUT2D eigenvalue weighted by Crippen LogP contribution is -1.90. The zero-order valence-electron chi connectivity index (χ0n) is 21.4. The van der Waals surface area contributed by atoms with Gasteiger partial charge in [-0.1, -0.05) is 84.9 Å². The maximum absolute atomic E-state index is 9.98. The molecule has 0 radical (unpaired) electrons. The smallest absolute Gasteiger partial charge is 0.136 e. The molecule has 0 bridgehead atoms. The molecule has 0 spiro atoms. The third-order valence-electron chi connectivity index (χ3n) is 7.76. The van der Waals surface area contributed by atoms with Crippen LogP contribution in [0, 0.1) is 11.3 Å². The molecule has 0 amide bonds. The van der Waals surface area contributed by atoms with Crippen molar-refractivity contribution in [1.82, 2.24) is 0 Å². The molecular weight excluding hydrogens is 506 g/mol. The van der Waals surface area contributed by atoms with E-state index in [1.165, 1.54) is 20.2 Å². The summed E-state index contributed by atoms with van der Waals surface area (Å²) in [6.45, 7) is 0. The largest absolute Gasteiger partial charge is 0.456 e. The first-order valence-corrected chi connectivity index (χ1v) is 14.1. The molecule has 40 heavy (non-hydrogen) atoms. The number of hydrogen-bond acceptors (Lipinski definition) is 3. The zero-order chi connectivity index (χ0) is 26.6. The minimum absolute atomic E-state index is 0.663. The van der Waals surface area contributed by atoms with E-state index < -0.39 is 0 Å². The molecule has 2 heterocycles. The first-order valence-electron chi connectivity index (χ1n) is 13.2. The fourth-order valence-corrected chi connectivity index (χ4v) is 6.96. The van der Waals surface area contributed by atoms with Crippen LogP contribution in [0.2, 0.25) is 0 Å². The Balaban J connectivity index is 1.33. The maximum atomic E-state index is 9.98. The predicted octanol–water partition coefficient (Wildman–Crippen LogP) is 10.8. The predicted molar refractivity (Wildman–Crippen MR) is 168 cm³/mol. The van der Waals surface area contributed by atoms with Gasteiger partial charge in [-0.2, -0.15) is 5.26 Å². The van der Waals surface area contributed by atoms with Crippen LogP contribution in [0.25, 0.3) is 75.5 Å². The van der Waals surface area contributed by atoms with E-state index in [-0.39, 0.29) is 0 Å². The number of nitriles is 1. The highest BCUT2D eigenvalue weighted by Gasteiger charge is 2.15. The number of para-hydroxylation sites is 1. The van der Waals surface area contributed by atoms with E-state index in [1.807, 2.05) is 53.8 Å². The van der Waals surface area contributed by atoms with Crippen LogP contribution in [-0.4, -0.2) is 0 Å². The molecule has 0 saturated heterocycles. The van der Waals surface area contributed by atoms with E-state index in [0.717, 1.165) is 55.3 Å². The summed E-state index contributed by atoms with van der Waals surface area (Å²) < 4.78 is 8.74. The van der Waals surface area contributed by atoms with E-state index in [1.54, 1.807) is 0 Å². The highest BCUT2D eigenvalue weighted by atomic mass is 32.1. The Hall–Kier alpha value is -5.17. The second kappa shape index (κ2) is 8.95. The van der Waals surface area contributed by atoms with Crippen LogP contribution < -0.4 is 0 Å². The van der Waals surface area contributed by atoms with Gasteiger partial charge in [-0.15, -0.1) is 11.3 Å². The first kappa shape index (κ1) is 22.8. The number of hydrogen-bond donors (Lipinski definition) is 0. The lowest BCUT2D eigenvalue weighted by molar-refractivity contribution is 0.669. The molecule has 0 aliphatic heterocycles. The lowest BCUT2D eigenvalue weighted by atomic mass is 9.89. The minimum atomic E-state index is 0.663. The Labute approximate surface area is 235 Å². The molecule has 186 valence electrons. The van der Waals surface area contributed by atoms with E-state index in [9.17, 15) is 5.26 Å². The standard InChI is InChI=1S/C37H21NOS/c38-22-26-7-1-2-8-27(26)33-19-23(24-14-17-30-29-9-3-5-11-34(29)39-35(30)20-24)13-16-28(33)25-15-18-32-31-10-4-6-12-36(31)40-37(32)21-25/h1-21H. The van der Waals surface area contributed by atoms with Crippen molar-refractivity contribution in [2.24, 2.45) is 0 Å². The summed E-state index contributed by atoms with van der Waals surface area (Å²) in [6.07, 6.45) is 0. The normalized spacial score (nSPS) is 11.5. The SMILES string of the molecule is N#Cc1ccccc1-c1cc(-c2ccc3c(c2)oc2ccccc23)ccc1-c1ccc2c(c1)sc1ccccc12. The molecule has 3 heteroatoms. The number of rotatable bonds is 3. The molecule has 0 N–H and O–H groups in total. The van der Waals surface area contributed by atoms with Gasteiger partial charge < -0.3 is 4.42 Å². The minimum Gasteiger partial charge on any atom is -0.456 e. The lowest BCUT2D eigenvalue weighted by Gasteiger charge is -2.14. The highest BCUT2D eigenvalue weighted by Crippen LogP contribution is 2.41. The van der Waals surface area contributed by atoms with Gasteiger partial charge in [0.2, 0.25) is 0 Å².